The molecule has 0 radical (unpaired) electrons. The number of likely N-dealkylation sites (tertiary alicyclic amines) is 1. The molecule has 1 spiro atoms. The van der Waals surface area contributed by atoms with Gasteiger partial charge in [-0.05, 0) is 51.9 Å². The maximum Gasteiger partial charge on any atom is 0.311 e. The maximum atomic E-state index is 14.2. The second-order valence-corrected chi connectivity index (χ2v) is 12.6. The third-order valence-corrected chi connectivity index (χ3v) is 9.97. The van der Waals surface area contributed by atoms with E-state index in [2.05, 4.69) is 25.2 Å². The van der Waals surface area contributed by atoms with E-state index in [4.69, 9.17) is 4.74 Å². The molecule has 1 unspecified atom stereocenters. The Morgan fingerprint density at radius 3 is 2.58 bits per heavy atom. The highest BCUT2D eigenvalue weighted by Crippen LogP contribution is 2.65. The third kappa shape index (κ3) is 5.00. The molecule has 200 valence electrons. The summed E-state index contributed by atoms with van der Waals surface area (Å²) in [5.74, 6) is -1.72. The van der Waals surface area contributed by atoms with Crippen LogP contribution in [0.3, 0.4) is 0 Å². The number of hydrogen-bond donors (Lipinski definition) is 1. The summed E-state index contributed by atoms with van der Waals surface area (Å²) in [4.78, 5) is 45.5. The standard InChI is InChI=1S/C28H42N2O5S/c1-3-4-9-16-29-17-13-15-28-21(24(32)30(23(28)25(29)33)18-10-7-11-19-31)22-26(34)35-20-12-6-5-8-14-27(22,2)36-28/h8,13-15,21-23,31H,3-7,9-12,16-20H2,1-2H3/b14-8-/t21-,22+,23?,27-,28-/m0/s1. The number of aliphatic hydroxyl groups is 1. The molecule has 8 heteroatoms. The molecule has 36 heavy (non-hydrogen) atoms. The number of fused-ring (bicyclic) bond motifs is 2. The zero-order valence-corrected chi connectivity index (χ0v) is 22.6. The SMILES string of the molecule is CCCCCN1CC=C[C@]23S[C@@]4(C)/C=C\CCCCOC(=O)[C@H]4[C@H]2C(=O)N(CCCCCO)C3C1=O. The number of rotatable bonds is 9. The Morgan fingerprint density at radius 2 is 1.81 bits per heavy atom. The average Bonchev–Trinajstić information content (AvgIpc) is 3.18. The normalized spacial score (nSPS) is 35.2. The average molecular weight is 519 g/mol. The van der Waals surface area contributed by atoms with Crippen molar-refractivity contribution in [3.8, 4) is 0 Å². The minimum atomic E-state index is -0.804. The van der Waals surface area contributed by atoms with Crippen molar-refractivity contribution >= 4 is 29.5 Å². The van der Waals surface area contributed by atoms with E-state index in [1.807, 2.05) is 17.9 Å². The van der Waals surface area contributed by atoms with Crippen LogP contribution in [0, 0.1) is 11.8 Å². The monoisotopic (exact) mass is 518 g/mol. The second kappa shape index (κ2) is 11.7. The molecule has 5 atom stereocenters. The van der Waals surface area contributed by atoms with Crippen LogP contribution in [-0.4, -0.2) is 81.1 Å². The lowest BCUT2D eigenvalue weighted by Gasteiger charge is -2.37. The summed E-state index contributed by atoms with van der Waals surface area (Å²) in [5.41, 5.74) is 0. The number of esters is 1. The number of carbonyl (C=O) groups is 3. The van der Waals surface area contributed by atoms with Crippen LogP contribution in [-0.2, 0) is 19.1 Å². The van der Waals surface area contributed by atoms with Crippen LogP contribution >= 0.6 is 11.8 Å². The maximum absolute atomic E-state index is 14.2. The minimum absolute atomic E-state index is 0.00808. The van der Waals surface area contributed by atoms with Gasteiger partial charge in [-0.1, -0.05) is 44.1 Å². The minimum Gasteiger partial charge on any atom is -0.465 e. The largest absolute Gasteiger partial charge is 0.465 e. The van der Waals surface area contributed by atoms with Crippen LogP contribution in [0.5, 0.6) is 0 Å². The smallest absolute Gasteiger partial charge is 0.311 e. The van der Waals surface area contributed by atoms with Crippen LogP contribution in [0.15, 0.2) is 24.3 Å². The molecular weight excluding hydrogens is 476 g/mol. The van der Waals surface area contributed by atoms with E-state index >= 15 is 0 Å². The molecule has 4 rings (SSSR count). The van der Waals surface area contributed by atoms with Gasteiger partial charge in [-0.25, -0.2) is 0 Å². The lowest BCUT2D eigenvalue weighted by atomic mass is 9.74. The molecule has 7 nitrogen and oxygen atoms in total. The van der Waals surface area contributed by atoms with Crippen molar-refractivity contribution in [3.05, 3.63) is 24.3 Å². The summed E-state index contributed by atoms with van der Waals surface area (Å²) < 4.78 is 4.29. The zero-order valence-electron chi connectivity index (χ0n) is 21.8. The van der Waals surface area contributed by atoms with Crippen molar-refractivity contribution in [1.29, 1.82) is 0 Å². The van der Waals surface area contributed by atoms with Gasteiger partial charge in [0.15, 0.2) is 0 Å². The number of hydrogen-bond acceptors (Lipinski definition) is 6. The number of nitrogens with zero attached hydrogens (tertiary/aromatic N) is 2. The number of amides is 2. The first-order chi connectivity index (χ1) is 17.4. The van der Waals surface area contributed by atoms with Crippen molar-refractivity contribution in [1.82, 2.24) is 9.80 Å². The van der Waals surface area contributed by atoms with Crippen molar-refractivity contribution in [3.63, 3.8) is 0 Å². The first kappa shape index (κ1) is 27.2. The first-order valence-electron chi connectivity index (χ1n) is 13.8. The summed E-state index contributed by atoms with van der Waals surface area (Å²) >= 11 is 1.62. The fourth-order valence-electron chi connectivity index (χ4n) is 6.41. The van der Waals surface area contributed by atoms with Gasteiger partial charge in [0.05, 0.1) is 23.2 Å². The number of allylic oxidation sites excluding steroid dienone is 1. The number of thioether (sulfide) groups is 1. The molecule has 0 saturated carbocycles. The van der Waals surface area contributed by atoms with Crippen molar-refractivity contribution < 1.29 is 24.2 Å². The Kier molecular flexibility index (Phi) is 8.87. The van der Waals surface area contributed by atoms with Gasteiger partial charge in [-0.3, -0.25) is 14.4 Å². The summed E-state index contributed by atoms with van der Waals surface area (Å²) in [7, 11) is 0. The van der Waals surface area contributed by atoms with E-state index < -0.39 is 27.4 Å². The quantitative estimate of drug-likeness (QED) is 0.285. The Bertz CT molecular complexity index is 891. The first-order valence-corrected chi connectivity index (χ1v) is 14.6. The van der Waals surface area contributed by atoms with Gasteiger partial charge < -0.3 is 19.6 Å². The van der Waals surface area contributed by atoms with E-state index in [0.717, 1.165) is 51.4 Å². The van der Waals surface area contributed by atoms with Crippen LogP contribution in [0.4, 0.5) is 0 Å². The lowest BCUT2D eigenvalue weighted by Crippen LogP contribution is -2.53. The van der Waals surface area contributed by atoms with E-state index in [9.17, 15) is 19.5 Å². The summed E-state index contributed by atoms with van der Waals surface area (Å²) in [6, 6.07) is -0.634. The summed E-state index contributed by atoms with van der Waals surface area (Å²) in [6.07, 6.45) is 16.3. The van der Waals surface area contributed by atoms with E-state index in [1.54, 1.807) is 16.7 Å². The number of aliphatic hydroxyl groups excluding tert-OH is 1. The molecule has 0 aromatic heterocycles. The molecule has 4 aliphatic heterocycles. The highest BCUT2D eigenvalue weighted by atomic mass is 32.2. The van der Waals surface area contributed by atoms with Crippen molar-refractivity contribution in [2.24, 2.45) is 11.8 Å². The molecular formula is C28H42N2O5S. The van der Waals surface area contributed by atoms with Crippen molar-refractivity contribution in [2.75, 3.05) is 32.8 Å². The van der Waals surface area contributed by atoms with E-state index in [0.29, 0.717) is 32.7 Å². The fourth-order valence-corrected chi connectivity index (χ4v) is 8.56. The second-order valence-electron chi connectivity index (χ2n) is 10.8. The zero-order chi connectivity index (χ0) is 25.8. The van der Waals surface area contributed by atoms with Crippen molar-refractivity contribution in [2.45, 2.75) is 87.2 Å². The number of unbranched alkanes of at least 4 members (excludes halogenated alkanes) is 4. The van der Waals surface area contributed by atoms with Crippen LogP contribution in [0.25, 0.3) is 0 Å². The van der Waals surface area contributed by atoms with Gasteiger partial charge in [0, 0.05) is 31.0 Å². The molecule has 2 amide bonds. The third-order valence-electron chi connectivity index (χ3n) is 8.17. The number of cyclic esters (lactones) is 1. The number of ether oxygens (including phenoxy) is 1. The van der Waals surface area contributed by atoms with Gasteiger partial charge >= 0.3 is 5.97 Å². The van der Waals surface area contributed by atoms with Gasteiger partial charge in [0.2, 0.25) is 11.8 Å². The van der Waals surface area contributed by atoms with Gasteiger partial charge in [0.25, 0.3) is 0 Å². The molecule has 4 aliphatic rings. The van der Waals surface area contributed by atoms with Crippen LogP contribution in [0.2, 0.25) is 0 Å². The Labute approximate surface area is 219 Å². The lowest BCUT2D eigenvalue weighted by molar-refractivity contribution is -0.154. The highest BCUT2D eigenvalue weighted by Gasteiger charge is 2.73. The van der Waals surface area contributed by atoms with Crippen LogP contribution in [0.1, 0.15) is 71.6 Å². The molecule has 0 aromatic rings. The summed E-state index contributed by atoms with van der Waals surface area (Å²) in [6.45, 7) is 6.33. The molecule has 1 N–H and O–H groups in total. The van der Waals surface area contributed by atoms with Crippen LogP contribution < -0.4 is 0 Å². The van der Waals surface area contributed by atoms with E-state index in [-0.39, 0.29) is 24.4 Å². The molecule has 4 heterocycles. The Hall–Kier alpha value is -1.80. The Balaban J connectivity index is 1.74. The molecule has 0 aliphatic carbocycles. The highest BCUT2D eigenvalue weighted by molar-refractivity contribution is 8.02. The Morgan fingerprint density at radius 1 is 1.00 bits per heavy atom. The molecule has 0 aromatic carbocycles. The van der Waals surface area contributed by atoms with Gasteiger partial charge in [0.1, 0.15) is 6.04 Å². The molecule has 0 bridgehead atoms. The predicted octanol–water partition coefficient (Wildman–Crippen LogP) is 3.71. The number of carbonyl (C=O) groups excluding carboxylic acids is 3. The van der Waals surface area contributed by atoms with Gasteiger partial charge in [-0.15, -0.1) is 11.8 Å². The predicted molar refractivity (Wildman–Crippen MR) is 141 cm³/mol. The van der Waals surface area contributed by atoms with E-state index in [1.165, 1.54) is 0 Å². The molecule has 2 saturated heterocycles. The van der Waals surface area contributed by atoms with Gasteiger partial charge in [-0.2, -0.15) is 0 Å². The fraction of sp³-hybridized carbons (Fsp3) is 0.750. The summed E-state index contributed by atoms with van der Waals surface area (Å²) in [5, 5.41) is 9.21. The molecule has 2 fully saturated rings. The topological polar surface area (TPSA) is 87.2 Å².